The monoisotopic (exact) mass is 334 g/mol. The van der Waals surface area contributed by atoms with Gasteiger partial charge in [-0.3, -0.25) is 0 Å². The van der Waals surface area contributed by atoms with Crippen molar-refractivity contribution in [2.24, 2.45) is 0 Å². The molecular weight excluding hydrogens is 327 g/mol. The Labute approximate surface area is 121 Å². The first-order valence-electron chi connectivity index (χ1n) is 5.74. The van der Waals surface area contributed by atoms with Crippen LogP contribution in [0.15, 0.2) is 47.1 Å². The van der Waals surface area contributed by atoms with Crippen LogP contribution in [0.3, 0.4) is 0 Å². The van der Waals surface area contributed by atoms with Gasteiger partial charge in [-0.05, 0) is 34.1 Å². The molecule has 0 aliphatic carbocycles. The van der Waals surface area contributed by atoms with Crippen molar-refractivity contribution in [3.05, 3.63) is 58.4 Å². The molecule has 6 heteroatoms. The minimum Gasteiger partial charge on any atom is -0.478 e. The van der Waals surface area contributed by atoms with Crippen LogP contribution >= 0.6 is 15.9 Å². The van der Waals surface area contributed by atoms with Crippen LogP contribution < -0.4 is 0 Å². The number of fused-ring (bicyclic) bond motifs is 1. The Hall–Kier alpha value is -2.21. The van der Waals surface area contributed by atoms with Gasteiger partial charge in [0.1, 0.15) is 5.69 Å². The lowest BCUT2D eigenvalue weighted by Crippen LogP contribution is -2.05. The van der Waals surface area contributed by atoms with Gasteiger partial charge in [-0.1, -0.05) is 18.2 Å². The highest BCUT2D eigenvalue weighted by Gasteiger charge is 2.18. The molecule has 1 heterocycles. The number of carbonyl (C=O) groups is 1. The molecule has 1 N–H and O–H groups in total. The van der Waals surface area contributed by atoms with Gasteiger partial charge in [-0.25, -0.2) is 13.9 Å². The van der Waals surface area contributed by atoms with Crippen LogP contribution in [0.1, 0.15) is 10.4 Å². The Morgan fingerprint density at radius 2 is 2.00 bits per heavy atom. The summed E-state index contributed by atoms with van der Waals surface area (Å²) >= 11 is 2.98. The molecule has 0 saturated carbocycles. The zero-order valence-corrected chi connectivity index (χ0v) is 11.6. The molecule has 0 unspecified atom stereocenters. The maximum atomic E-state index is 14.3. The Balaban J connectivity index is 2.25. The van der Waals surface area contributed by atoms with Crippen molar-refractivity contribution in [3.8, 4) is 5.69 Å². The molecule has 0 aliphatic heterocycles. The summed E-state index contributed by atoms with van der Waals surface area (Å²) in [5, 5.41) is 14.0. The lowest BCUT2D eigenvalue weighted by atomic mass is 10.2. The Kier molecular flexibility index (Phi) is 3.02. The smallest absolute Gasteiger partial charge is 0.336 e. The van der Waals surface area contributed by atoms with Crippen molar-refractivity contribution >= 4 is 32.8 Å². The van der Waals surface area contributed by atoms with Crippen molar-refractivity contribution in [2.75, 3.05) is 0 Å². The number of benzene rings is 2. The number of halogens is 2. The predicted molar refractivity (Wildman–Crippen MR) is 75.7 cm³/mol. The third-order valence-electron chi connectivity index (χ3n) is 3.00. The number of hydrogen-bond acceptors (Lipinski definition) is 2. The van der Waals surface area contributed by atoms with Gasteiger partial charge < -0.3 is 5.11 Å². The lowest BCUT2D eigenvalue weighted by Gasteiger charge is -2.08. The van der Waals surface area contributed by atoms with E-state index in [9.17, 15) is 9.18 Å². The van der Waals surface area contributed by atoms with Gasteiger partial charge in [0, 0.05) is 5.39 Å². The molecular formula is C14H8BrFN2O2. The SMILES string of the molecule is O=C(O)c1ccc(-n2ncc3ccccc32)c(F)c1Br. The average Bonchev–Trinajstić information content (AvgIpc) is 2.85. The Morgan fingerprint density at radius 1 is 1.25 bits per heavy atom. The maximum Gasteiger partial charge on any atom is 0.336 e. The Morgan fingerprint density at radius 3 is 2.75 bits per heavy atom. The van der Waals surface area contributed by atoms with Crippen LogP contribution in [0.25, 0.3) is 16.6 Å². The fourth-order valence-corrected chi connectivity index (χ4v) is 2.54. The first-order chi connectivity index (χ1) is 9.59. The summed E-state index contributed by atoms with van der Waals surface area (Å²) in [5.74, 6) is -1.84. The van der Waals surface area contributed by atoms with Gasteiger partial charge >= 0.3 is 5.97 Å². The van der Waals surface area contributed by atoms with Gasteiger partial charge in [-0.15, -0.1) is 0 Å². The summed E-state index contributed by atoms with van der Waals surface area (Å²) in [5.41, 5.74) is 0.826. The van der Waals surface area contributed by atoms with Crippen molar-refractivity contribution in [3.63, 3.8) is 0 Å². The van der Waals surface area contributed by atoms with Gasteiger partial charge in [-0.2, -0.15) is 5.10 Å². The molecule has 0 spiro atoms. The number of para-hydroxylation sites is 1. The standard InChI is InChI=1S/C14H8BrFN2O2/c15-12-9(14(19)20)5-6-11(13(12)16)18-10-4-2-1-3-8(10)7-17-18/h1-7H,(H,19,20). The molecule has 2 aromatic carbocycles. The van der Waals surface area contributed by atoms with E-state index < -0.39 is 11.8 Å². The van der Waals surface area contributed by atoms with Gasteiger partial charge in [0.25, 0.3) is 0 Å². The zero-order chi connectivity index (χ0) is 14.3. The summed E-state index contributed by atoms with van der Waals surface area (Å²) in [4.78, 5) is 11.0. The second kappa shape index (κ2) is 4.72. The van der Waals surface area contributed by atoms with Gasteiger partial charge in [0.15, 0.2) is 5.82 Å². The fraction of sp³-hybridized carbons (Fsp3) is 0. The van der Waals surface area contributed by atoms with E-state index in [0.29, 0.717) is 0 Å². The number of aromatic nitrogens is 2. The molecule has 0 fully saturated rings. The van der Waals surface area contributed by atoms with E-state index in [4.69, 9.17) is 5.11 Å². The van der Waals surface area contributed by atoms with Gasteiger partial charge in [0.05, 0.1) is 21.7 Å². The molecule has 0 amide bonds. The van der Waals surface area contributed by atoms with E-state index >= 15 is 0 Å². The molecule has 20 heavy (non-hydrogen) atoms. The van der Waals surface area contributed by atoms with E-state index in [1.807, 2.05) is 24.3 Å². The highest BCUT2D eigenvalue weighted by atomic mass is 79.9. The number of nitrogens with zero attached hydrogens (tertiary/aromatic N) is 2. The van der Waals surface area contributed by atoms with E-state index in [1.165, 1.54) is 16.8 Å². The summed E-state index contributed by atoms with van der Waals surface area (Å²) in [6.07, 6.45) is 1.63. The molecule has 0 saturated heterocycles. The quantitative estimate of drug-likeness (QED) is 0.778. The first kappa shape index (κ1) is 12.8. The highest BCUT2D eigenvalue weighted by molar-refractivity contribution is 9.10. The highest BCUT2D eigenvalue weighted by Crippen LogP contribution is 2.28. The van der Waals surface area contributed by atoms with Crippen LogP contribution in [0.4, 0.5) is 4.39 Å². The van der Waals surface area contributed by atoms with Crippen molar-refractivity contribution in [1.29, 1.82) is 0 Å². The predicted octanol–water partition coefficient (Wildman–Crippen LogP) is 3.63. The van der Waals surface area contributed by atoms with Crippen LogP contribution in [-0.2, 0) is 0 Å². The lowest BCUT2D eigenvalue weighted by molar-refractivity contribution is 0.0695. The molecule has 0 aliphatic rings. The van der Waals surface area contributed by atoms with E-state index in [0.717, 1.165) is 10.9 Å². The topological polar surface area (TPSA) is 55.1 Å². The first-order valence-corrected chi connectivity index (χ1v) is 6.53. The van der Waals surface area contributed by atoms with E-state index in [1.54, 1.807) is 6.20 Å². The summed E-state index contributed by atoms with van der Waals surface area (Å²) in [6, 6.07) is 10.1. The average molecular weight is 335 g/mol. The van der Waals surface area contributed by atoms with E-state index in [2.05, 4.69) is 21.0 Å². The van der Waals surface area contributed by atoms with Crippen LogP contribution in [0.2, 0.25) is 0 Å². The molecule has 3 rings (SSSR count). The summed E-state index contributed by atoms with van der Waals surface area (Å²) in [6.45, 7) is 0. The molecule has 0 radical (unpaired) electrons. The molecule has 0 atom stereocenters. The van der Waals surface area contributed by atoms with Crippen molar-refractivity contribution < 1.29 is 14.3 Å². The number of aromatic carboxylic acids is 1. The molecule has 4 nitrogen and oxygen atoms in total. The second-order valence-corrected chi connectivity index (χ2v) is 4.97. The maximum absolute atomic E-state index is 14.3. The third kappa shape index (κ3) is 1.89. The van der Waals surface area contributed by atoms with Gasteiger partial charge in [0.2, 0.25) is 0 Å². The normalized spacial score (nSPS) is 10.9. The number of carboxylic acids is 1. The summed E-state index contributed by atoms with van der Waals surface area (Å²) < 4.78 is 15.7. The van der Waals surface area contributed by atoms with Crippen molar-refractivity contribution in [1.82, 2.24) is 9.78 Å². The van der Waals surface area contributed by atoms with Crippen LogP contribution in [-0.4, -0.2) is 20.9 Å². The number of rotatable bonds is 2. The minimum absolute atomic E-state index is 0.0814. The zero-order valence-electron chi connectivity index (χ0n) is 10.0. The minimum atomic E-state index is -1.19. The largest absolute Gasteiger partial charge is 0.478 e. The molecule has 100 valence electrons. The van der Waals surface area contributed by atoms with Crippen LogP contribution in [0.5, 0.6) is 0 Å². The fourth-order valence-electron chi connectivity index (χ4n) is 2.03. The third-order valence-corrected chi connectivity index (χ3v) is 3.77. The molecule has 1 aromatic heterocycles. The summed E-state index contributed by atoms with van der Waals surface area (Å²) in [7, 11) is 0. The van der Waals surface area contributed by atoms with Crippen LogP contribution in [0, 0.1) is 5.82 Å². The second-order valence-electron chi connectivity index (χ2n) is 4.18. The molecule has 0 bridgehead atoms. The number of hydrogen-bond donors (Lipinski definition) is 1. The van der Waals surface area contributed by atoms with Crippen molar-refractivity contribution in [2.45, 2.75) is 0 Å². The molecule has 3 aromatic rings. The number of carboxylic acid groups (broad SMARTS) is 1. The Bertz CT molecular complexity index is 829. The van der Waals surface area contributed by atoms with E-state index in [-0.39, 0.29) is 15.7 Å².